The van der Waals surface area contributed by atoms with Crippen molar-refractivity contribution in [1.82, 2.24) is 9.91 Å². The van der Waals surface area contributed by atoms with E-state index in [0.717, 1.165) is 12.0 Å². The minimum Gasteiger partial charge on any atom is -0.318 e. The molecule has 1 saturated heterocycles. The normalized spacial score (nSPS) is 25.2. The van der Waals surface area contributed by atoms with Gasteiger partial charge in [-0.3, -0.25) is 4.79 Å². The van der Waals surface area contributed by atoms with Crippen molar-refractivity contribution in [2.75, 3.05) is 6.54 Å². The average molecular weight is 285 g/mol. The third-order valence-corrected chi connectivity index (χ3v) is 4.07. The van der Waals surface area contributed by atoms with Crippen LogP contribution in [0.25, 0.3) is 0 Å². The van der Waals surface area contributed by atoms with Crippen LogP contribution >= 0.6 is 0 Å². The summed E-state index contributed by atoms with van der Waals surface area (Å²) in [5.74, 6) is 0.221. The van der Waals surface area contributed by atoms with E-state index in [1.807, 2.05) is 37.3 Å². The van der Waals surface area contributed by atoms with Crippen LogP contribution in [0.4, 0.5) is 4.79 Å². The van der Waals surface area contributed by atoms with Gasteiger partial charge < -0.3 is 4.90 Å². The number of amides is 2. The number of benzene rings is 1. The van der Waals surface area contributed by atoms with Gasteiger partial charge in [0.15, 0.2) is 0 Å². The van der Waals surface area contributed by atoms with Crippen molar-refractivity contribution in [2.24, 2.45) is 5.10 Å². The van der Waals surface area contributed by atoms with E-state index in [4.69, 9.17) is 0 Å². The van der Waals surface area contributed by atoms with Crippen LogP contribution in [0, 0.1) is 0 Å². The van der Waals surface area contributed by atoms with Gasteiger partial charge in [0, 0.05) is 19.4 Å². The molecule has 0 bridgehead atoms. The molecule has 1 aromatic rings. The van der Waals surface area contributed by atoms with Crippen molar-refractivity contribution in [3.05, 3.63) is 35.9 Å². The second-order valence-corrected chi connectivity index (χ2v) is 5.56. The van der Waals surface area contributed by atoms with Crippen molar-refractivity contribution in [3.63, 3.8) is 0 Å². The maximum absolute atomic E-state index is 12.5. The number of nitrogens with zero attached hydrogens (tertiary/aromatic N) is 3. The third kappa shape index (κ3) is 2.55. The molecule has 1 aliphatic carbocycles. The summed E-state index contributed by atoms with van der Waals surface area (Å²) < 4.78 is 0. The number of rotatable bonds is 4. The maximum atomic E-state index is 12.5. The van der Waals surface area contributed by atoms with E-state index in [0.29, 0.717) is 19.4 Å². The summed E-state index contributed by atoms with van der Waals surface area (Å²) in [5, 5.41) is 5.85. The van der Waals surface area contributed by atoms with Crippen molar-refractivity contribution in [1.29, 1.82) is 0 Å². The lowest BCUT2D eigenvalue weighted by Crippen LogP contribution is -2.35. The summed E-state index contributed by atoms with van der Waals surface area (Å²) in [6.07, 6.45) is 3.46. The molecule has 2 aliphatic rings. The zero-order valence-corrected chi connectivity index (χ0v) is 12.1. The van der Waals surface area contributed by atoms with Gasteiger partial charge in [0.2, 0.25) is 0 Å². The third-order valence-electron chi connectivity index (χ3n) is 4.07. The molecule has 5 nitrogen and oxygen atoms in total. The molecule has 1 heterocycles. The first-order valence-corrected chi connectivity index (χ1v) is 7.41. The van der Waals surface area contributed by atoms with Crippen LogP contribution in [0.5, 0.6) is 0 Å². The molecule has 2 amide bonds. The molecule has 21 heavy (non-hydrogen) atoms. The Hall–Kier alpha value is -2.17. The standard InChI is InChI=1S/C16H19N3O2/c1-2-8-18-14-9-13(20)10-15(14)19(16(18)21)17-11-12-6-4-3-5-7-12/h3-7,11,14-15H,2,8-10H2,1H3. The van der Waals surface area contributed by atoms with Crippen LogP contribution in [0.15, 0.2) is 35.4 Å². The van der Waals surface area contributed by atoms with E-state index >= 15 is 0 Å². The van der Waals surface area contributed by atoms with Gasteiger partial charge in [-0.15, -0.1) is 0 Å². The van der Waals surface area contributed by atoms with E-state index in [1.165, 1.54) is 5.01 Å². The Morgan fingerprint density at radius 1 is 1.19 bits per heavy atom. The molecule has 1 aromatic carbocycles. The van der Waals surface area contributed by atoms with E-state index in [9.17, 15) is 9.59 Å². The smallest absolute Gasteiger partial charge is 0.318 e. The Balaban J connectivity index is 1.82. The molecule has 1 saturated carbocycles. The number of ketones is 1. The number of carbonyl (C=O) groups excluding carboxylic acids is 2. The fourth-order valence-electron chi connectivity index (χ4n) is 3.11. The second-order valence-electron chi connectivity index (χ2n) is 5.56. The lowest BCUT2D eigenvalue weighted by Gasteiger charge is -2.19. The largest absolute Gasteiger partial charge is 0.341 e. The molecule has 5 heteroatoms. The highest BCUT2D eigenvalue weighted by molar-refractivity contribution is 5.89. The molecule has 2 fully saturated rings. The van der Waals surface area contributed by atoms with E-state index in [2.05, 4.69) is 5.10 Å². The highest BCUT2D eigenvalue weighted by atomic mass is 16.2. The Morgan fingerprint density at radius 3 is 2.62 bits per heavy atom. The Bertz CT molecular complexity index is 570. The van der Waals surface area contributed by atoms with Crippen LogP contribution in [0.1, 0.15) is 31.7 Å². The van der Waals surface area contributed by atoms with Gasteiger partial charge in [0.25, 0.3) is 0 Å². The SMILES string of the molecule is CCCN1C(=O)N(N=Cc2ccccc2)C2CC(=O)CC21. The minimum atomic E-state index is -0.100. The topological polar surface area (TPSA) is 53.0 Å². The van der Waals surface area contributed by atoms with Crippen LogP contribution in [0.2, 0.25) is 0 Å². The number of urea groups is 1. The molecule has 0 spiro atoms. The lowest BCUT2D eigenvalue weighted by molar-refractivity contribution is -0.117. The molecule has 2 unspecified atom stereocenters. The minimum absolute atomic E-state index is 0.00197. The molecule has 0 aromatic heterocycles. The van der Waals surface area contributed by atoms with Crippen molar-refractivity contribution >= 4 is 18.0 Å². The monoisotopic (exact) mass is 285 g/mol. The Labute approximate surface area is 124 Å². The molecular weight excluding hydrogens is 266 g/mol. The summed E-state index contributed by atoms with van der Waals surface area (Å²) in [7, 11) is 0. The molecule has 1 aliphatic heterocycles. The zero-order chi connectivity index (χ0) is 14.8. The van der Waals surface area contributed by atoms with Crippen molar-refractivity contribution in [2.45, 2.75) is 38.3 Å². The number of hydrogen-bond donors (Lipinski definition) is 0. The lowest BCUT2D eigenvalue weighted by atomic mass is 10.2. The average Bonchev–Trinajstić information content (AvgIpc) is 2.96. The van der Waals surface area contributed by atoms with Gasteiger partial charge in [0.1, 0.15) is 5.78 Å². The molecule has 3 rings (SSSR count). The Morgan fingerprint density at radius 2 is 1.90 bits per heavy atom. The zero-order valence-electron chi connectivity index (χ0n) is 12.1. The van der Waals surface area contributed by atoms with E-state index < -0.39 is 0 Å². The summed E-state index contributed by atoms with van der Waals surface area (Å²) in [6, 6.07) is 9.49. The van der Waals surface area contributed by atoms with E-state index in [-0.39, 0.29) is 23.9 Å². The van der Waals surface area contributed by atoms with Gasteiger partial charge in [-0.05, 0) is 12.0 Å². The predicted molar refractivity (Wildman–Crippen MR) is 80.1 cm³/mol. The van der Waals surface area contributed by atoms with E-state index in [1.54, 1.807) is 11.1 Å². The van der Waals surface area contributed by atoms with Gasteiger partial charge in [0.05, 0.1) is 18.3 Å². The maximum Gasteiger partial charge on any atom is 0.341 e. The predicted octanol–water partition coefficient (Wildman–Crippen LogP) is 2.27. The highest BCUT2D eigenvalue weighted by Crippen LogP contribution is 2.34. The van der Waals surface area contributed by atoms with Crippen molar-refractivity contribution in [3.8, 4) is 0 Å². The van der Waals surface area contributed by atoms with Crippen LogP contribution in [-0.2, 0) is 4.79 Å². The fraction of sp³-hybridized carbons (Fsp3) is 0.438. The molecule has 0 N–H and O–H groups in total. The van der Waals surface area contributed by atoms with Gasteiger partial charge >= 0.3 is 6.03 Å². The number of hydrazone groups is 1. The van der Waals surface area contributed by atoms with Crippen LogP contribution in [0.3, 0.4) is 0 Å². The number of fused-ring (bicyclic) bond motifs is 1. The number of carbonyl (C=O) groups is 2. The van der Waals surface area contributed by atoms with Gasteiger partial charge in [-0.25, -0.2) is 9.80 Å². The van der Waals surface area contributed by atoms with Crippen molar-refractivity contribution < 1.29 is 9.59 Å². The van der Waals surface area contributed by atoms with Crippen LogP contribution < -0.4 is 0 Å². The molecule has 2 atom stereocenters. The second kappa shape index (κ2) is 5.68. The first-order chi connectivity index (χ1) is 10.2. The quantitative estimate of drug-likeness (QED) is 0.797. The first-order valence-electron chi connectivity index (χ1n) is 7.41. The van der Waals surface area contributed by atoms with Gasteiger partial charge in [-0.2, -0.15) is 5.10 Å². The molecule has 110 valence electrons. The fourth-order valence-corrected chi connectivity index (χ4v) is 3.11. The summed E-state index contributed by atoms with van der Waals surface area (Å²) in [6.45, 7) is 2.72. The first kappa shape index (κ1) is 13.8. The Kier molecular flexibility index (Phi) is 3.73. The van der Waals surface area contributed by atoms with Crippen LogP contribution in [-0.4, -0.2) is 46.6 Å². The summed E-state index contributed by atoms with van der Waals surface area (Å²) >= 11 is 0. The summed E-state index contributed by atoms with van der Waals surface area (Å²) in [5.41, 5.74) is 0.945. The molecular formula is C16H19N3O2. The summed E-state index contributed by atoms with van der Waals surface area (Å²) in [4.78, 5) is 26.0. The molecule has 0 radical (unpaired) electrons. The highest BCUT2D eigenvalue weighted by Gasteiger charge is 2.50. The van der Waals surface area contributed by atoms with Gasteiger partial charge in [-0.1, -0.05) is 37.3 Å². The number of Topliss-reactive ketones (excluding diaryl/α,β-unsaturated/α-hetero) is 1. The number of hydrogen-bond acceptors (Lipinski definition) is 3.